The molecule has 0 saturated carbocycles. The minimum Gasteiger partial charge on any atom is -0.453 e. The zero-order chi connectivity index (χ0) is 30.5. The molecule has 42 heavy (non-hydrogen) atoms. The van der Waals surface area contributed by atoms with Crippen molar-refractivity contribution < 1.29 is 50.1 Å². The molecule has 2 heterocycles. The van der Waals surface area contributed by atoms with Gasteiger partial charge in [0.1, 0.15) is 23.9 Å². The van der Waals surface area contributed by atoms with Gasteiger partial charge in [0.2, 0.25) is 0 Å². The third-order valence-electron chi connectivity index (χ3n) is 5.68. The van der Waals surface area contributed by atoms with Gasteiger partial charge in [0.25, 0.3) is 0 Å². The van der Waals surface area contributed by atoms with E-state index >= 15 is 0 Å². The molecular formula is C27H25F6N3O5Si. The number of pyridine rings is 1. The summed E-state index contributed by atoms with van der Waals surface area (Å²) in [6, 6.07) is 12.8. The molecule has 2 aromatic carbocycles. The Hall–Kier alpha value is -4.24. The SMILES string of the molecule is C[SiH](C)CCOCn1cc(C(F)(F)F)c2c(Oc3ccc(NC(=O)Oc4ccccc4)cc3OC(F)(F)F)ccnc21. The lowest BCUT2D eigenvalue weighted by atomic mass is 10.2. The van der Waals surface area contributed by atoms with E-state index in [1.165, 1.54) is 18.2 Å². The summed E-state index contributed by atoms with van der Waals surface area (Å²) in [4.78, 5) is 16.2. The number of benzene rings is 2. The number of fused-ring (bicyclic) bond motifs is 1. The number of anilines is 1. The van der Waals surface area contributed by atoms with Crippen LogP contribution in [0.3, 0.4) is 0 Å². The number of hydrogen-bond donors (Lipinski definition) is 1. The van der Waals surface area contributed by atoms with Crippen molar-refractivity contribution in [2.45, 2.75) is 38.4 Å². The summed E-state index contributed by atoms with van der Waals surface area (Å²) in [7, 11) is -0.937. The van der Waals surface area contributed by atoms with Crippen molar-refractivity contribution in [2.75, 3.05) is 11.9 Å². The number of rotatable bonds is 10. The number of carbonyl (C=O) groups is 1. The van der Waals surface area contributed by atoms with Crippen LogP contribution in [0.25, 0.3) is 11.0 Å². The van der Waals surface area contributed by atoms with Crippen LogP contribution in [0.4, 0.5) is 36.8 Å². The normalized spacial score (nSPS) is 12.0. The van der Waals surface area contributed by atoms with Gasteiger partial charge in [0.15, 0.2) is 11.5 Å². The molecule has 2 aromatic heterocycles. The quantitative estimate of drug-likeness (QED) is 0.112. The Kier molecular flexibility index (Phi) is 9.31. The number of amides is 1. The Labute approximate surface area is 237 Å². The third-order valence-corrected chi connectivity index (χ3v) is 7.07. The Morgan fingerprint density at radius 3 is 2.38 bits per heavy atom. The van der Waals surface area contributed by atoms with E-state index in [1.54, 1.807) is 18.2 Å². The van der Waals surface area contributed by atoms with Gasteiger partial charge >= 0.3 is 18.6 Å². The van der Waals surface area contributed by atoms with Crippen LogP contribution >= 0.6 is 0 Å². The lowest BCUT2D eigenvalue weighted by molar-refractivity contribution is -0.275. The summed E-state index contributed by atoms with van der Waals surface area (Å²) in [6.07, 6.45) is -9.05. The zero-order valence-corrected chi connectivity index (χ0v) is 23.4. The summed E-state index contributed by atoms with van der Waals surface area (Å²) in [5.41, 5.74) is -1.41. The number of alkyl halides is 6. The molecule has 0 aliphatic rings. The molecule has 0 spiro atoms. The van der Waals surface area contributed by atoms with E-state index in [0.29, 0.717) is 6.61 Å². The summed E-state index contributed by atoms with van der Waals surface area (Å²) < 4.78 is 103. The number of halogens is 6. The molecule has 4 aromatic rings. The van der Waals surface area contributed by atoms with E-state index in [1.807, 2.05) is 0 Å². The van der Waals surface area contributed by atoms with Crippen LogP contribution in [0.5, 0.6) is 23.0 Å². The summed E-state index contributed by atoms with van der Waals surface area (Å²) in [6.45, 7) is 4.36. The molecule has 0 saturated heterocycles. The Balaban J connectivity index is 1.66. The third kappa shape index (κ3) is 8.16. The van der Waals surface area contributed by atoms with Crippen molar-refractivity contribution in [1.29, 1.82) is 0 Å². The van der Waals surface area contributed by atoms with Gasteiger partial charge in [0, 0.05) is 39.6 Å². The highest BCUT2D eigenvalue weighted by atomic mass is 28.3. The van der Waals surface area contributed by atoms with Gasteiger partial charge in [-0.15, -0.1) is 13.2 Å². The van der Waals surface area contributed by atoms with Gasteiger partial charge in [0.05, 0.1) is 10.9 Å². The first-order valence-electron chi connectivity index (χ1n) is 12.5. The first-order valence-corrected chi connectivity index (χ1v) is 15.7. The molecule has 0 fully saturated rings. The molecule has 1 N–H and O–H groups in total. The minimum absolute atomic E-state index is 0.137. The molecule has 224 valence electrons. The number of nitrogens with one attached hydrogen (secondary N) is 1. The van der Waals surface area contributed by atoms with E-state index in [0.717, 1.165) is 41.2 Å². The van der Waals surface area contributed by atoms with Crippen molar-refractivity contribution in [2.24, 2.45) is 0 Å². The maximum absolute atomic E-state index is 14.0. The highest BCUT2D eigenvalue weighted by Crippen LogP contribution is 2.43. The van der Waals surface area contributed by atoms with Crippen LogP contribution < -0.4 is 19.5 Å². The topological polar surface area (TPSA) is 83.8 Å². The number of aromatic nitrogens is 2. The van der Waals surface area contributed by atoms with Crippen molar-refractivity contribution in [3.63, 3.8) is 0 Å². The van der Waals surface area contributed by atoms with E-state index < -0.39 is 55.6 Å². The monoisotopic (exact) mass is 613 g/mol. The van der Waals surface area contributed by atoms with Gasteiger partial charge in [-0.3, -0.25) is 5.32 Å². The predicted molar refractivity (Wildman–Crippen MR) is 144 cm³/mol. The summed E-state index contributed by atoms with van der Waals surface area (Å²) in [5, 5.41) is 1.79. The van der Waals surface area contributed by atoms with Gasteiger partial charge < -0.3 is 23.5 Å². The number of hydrogen-bond acceptors (Lipinski definition) is 6. The van der Waals surface area contributed by atoms with Crippen molar-refractivity contribution in [3.8, 4) is 23.0 Å². The van der Waals surface area contributed by atoms with E-state index in [9.17, 15) is 31.1 Å². The maximum atomic E-state index is 14.0. The molecule has 4 rings (SSSR count). The highest BCUT2D eigenvalue weighted by molar-refractivity contribution is 6.55. The predicted octanol–water partition coefficient (Wildman–Crippen LogP) is 7.82. The first kappa shape index (κ1) is 30.7. The van der Waals surface area contributed by atoms with Gasteiger partial charge in [-0.25, -0.2) is 9.78 Å². The number of nitrogens with zero attached hydrogens (tertiary/aromatic N) is 2. The molecule has 0 atom stereocenters. The van der Waals surface area contributed by atoms with E-state index in [-0.39, 0.29) is 23.8 Å². The molecule has 8 nitrogen and oxygen atoms in total. The second kappa shape index (κ2) is 12.7. The lowest BCUT2D eigenvalue weighted by Crippen LogP contribution is -2.19. The van der Waals surface area contributed by atoms with E-state index in [4.69, 9.17) is 14.2 Å². The van der Waals surface area contributed by atoms with Crippen LogP contribution in [0.2, 0.25) is 19.1 Å². The Morgan fingerprint density at radius 2 is 1.71 bits per heavy atom. The Bertz CT molecular complexity index is 1530. The van der Waals surface area contributed by atoms with Gasteiger partial charge in [-0.1, -0.05) is 31.3 Å². The lowest BCUT2D eigenvalue weighted by Gasteiger charge is -2.16. The average Bonchev–Trinajstić information content (AvgIpc) is 3.28. The number of carbonyl (C=O) groups excluding carboxylic acids is 1. The minimum atomic E-state index is -5.19. The van der Waals surface area contributed by atoms with Crippen LogP contribution in [0, 0.1) is 0 Å². The van der Waals surface area contributed by atoms with Crippen molar-refractivity contribution >= 4 is 31.6 Å². The first-order chi connectivity index (χ1) is 19.8. The van der Waals surface area contributed by atoms with Crippen LogP contribution in [-0.2, 0) is 17.6 Å². The molecular weight excluding hydrogens is 588 g/mol. The largest absolute Gasteiger partial charge is 0.573 e. The average molecular weight is 614 g/mol. The molecule has 0 unspecified atom stereocenters. The fraction of sp³-hybridized carbons (Fsp3) is 0.259. The zero-order valence-electron chi connectivity index (χ0n) is 22.3. The van der Waals surface area contributed by atoms with Gasteiger partial charge in [-0.2, -0.15) is 13.2 Å². The Morgan fingerprint density at radius 1 is 0.976 bits per heavy atom. The molecule has 0 radical (unpaired) electrons. The van der Waals surface area contributed by atoms with Crippen molar-refractivity contribution in [1.82, 2.24) is 9.55 Å². The van der Waals surface area contributed by atoms with Gasteiger partial charge in [-0.05, 0) is 36.4 Å². The van der Waals surface area contributed by atoms with Crippen LogP contribution in [-0.4, -0.2) is 37.4 Å². The van der Waals surface area contributed by atoms with E-state index in [2.05, 4.69) is 28.1 Å². The maximum Gasteiger partial charge on any atom is 0.573 e. The molecule has 0 aliphatic carbocycles. The van der Waals surface area contributed by atoms with Crippen LogP contribution in [0.1, 0.15) is 5.56 Å². The second-order valence-electron chi connectivity index (χ2n) is 9.38. The van der Waals surface area contributed by atoms with Crippen molar-refractivity contribution in [3.05, 3.63) is 72.6 Å². The summed E-state index contributed by atoms with van der Waals surface area (Å²) >= 11 is 0. The molecule has 0 aliphatic heterocycles. The smallest absolute Gasteiger partial charge is 0.453 e. The number of ether oxygens (including phenoxy) is 4. The standard InChI is InChI=1S/C27H25F6N3O5Si/c1-42(2)13-12-38-16-36-15-19(26(28,29)30)23-21(10-11-34-24(23)36)40-20-9-8-17(14-22(20)41-27(31,32)33)35-25(37)39-18-6-4-3-5-7-18/h3-11,14-15,42H,12-13,16H2,1-2H3,(H,35,37). The fourth-order valence-electron chi connectivity index (χ4n) is 3.80. The summed E-state index contributed by atoms with van der Waals surface area (Å²) in [5.74, 6) is -1.72. The molecule has 1 amide bonds. The second-order valence-corrected chi connectivity index (χ2v) is 12.7. The number of para-hydroxylation sites is 1. The fourth-order valence-corrected chi connectivity index (χ4v) is 4.44. The molecule has 0 bridgehead atoms. The highest BCUT2D eigenvalue weighted by Gasteiger charge is 2.37. The molecule has 15 heteroatoms. The van der Waals surface area contributed by atoms with Crippen LogP contribution in [0.15, 0.2) is 67.0 Å².